The number of aryl methyl sites for hydroxylation is 1. The smallest absolute Gasteiger partial charge is 0.416 e. The summed E-state index contributed by atoms with van der Waals surface area (Å²) in [6.07, 6.45) is -0.134. The van der Waals surface area contributed by atoms with Crippen LogP contribution < -0.4 is 25.6 Å². The number of nitrogens with zero attached hydrogens (tertiary/aromatic N) is 3. The molecule has 18 heteroatoms. The van der Waals surface area contributed by atoms with Gasteiger partial charge in [-0.25, -0.2) is 14.6 Å². The van der Waals surface area contributed by atoms with Crippen LogP contribution in [0.1, 0.15) is 63.6 Å². The highest BCUT2D eigenvalue weighted by atomic mass is 35.5. The number of nitrogens with one attached hydrogen (secondary N) is 3. The van der Waals surface area contributed by atoms with E-state index in [4.69, 9.17) is 32.7 Å². The number of unbranched alkanes of at least 4 members (excludes halogenated alkanes) is 1. The van der Waals surface area contributed by atoms with Crippen LogP contribution in [0.3, 0.4) is 0 Å². The average molecular weight is 776 g/mol. The molecule has 0 saturated heterocycles. The monoisotopic (exact) mass is 774 g/mol. The van der Waals surface area contributed by atoms with Gasteiger partial charge in [0.15, 0.2) is 0 Å². The molecule has 0 unspecified atom stereocenters. The van der Waals surface area contributed by atoms with E-state index in [1.54, 1.807) is 39.1 Å². The number of anilines is 1. The van der Waals surface area contributed by atoms with Crippen molar-refractivity contribution in [2.24, 2.45) is 0 Å². The van der Waals surface area contributed by atoms with Gasteiger partial charge in [-0.1, -0.05) is 23.2 Å². The van der Waals surface area contributed by atoms with Crippen molar-refractivity contribution < 1.29 is 43.5 Å². The summed E-state index contributed by atoms with van der Waals surface area (Å²) in [6, 6.07) is 9.93. The lowest BCUT2D eigenvalue weighted by Crippen LogP contribution is -2.53. The highest BCUT2D eigenvalue weighted by molar-refractivity contribution is 6.34. The van der Waals surface area contributed by atoms with E-state index in [0.717, 1.165) is 17.7 Å². The number of nitro benzene ring substituents is 1. The predicted octanol–water partition coefficient (Wildman–Crippen LogP) is 6.12. The van der Waals surface area contributed by atoms with Gasteiger partial charge in [-0.3, -0.25) is 29.4 Å². The number of benzene rings is 2. The summed E-state index contributed by atoms with van der Waals surface area (Å²) in [5.41, 5.74) is 0.172. The molecule has 0 fully saturated rings. The Bertz CT molecular complexity index is 1780. The van der Waals surface area contributed by atoms with Crippen molar-refractivity contribution in [3.8, 4) is 5.75 Å². The zero-order valence-corrected chi connectivity index (χ0v) is 30.9. The molecule has 0 aliphatic rings. The zero-order chi connectivity index (χ0) is 39.3. The molecule has 0 bridgehead atoms. The molecule has 1 heterocycles. The van der Waals surface area contributed by atoms with Crippen molar-refractivity contribution in [1.82, 2.24) is 20.9 Å². The van der Waals surface area contributed by atoms with Gasteiger partial charge in [0.2, 0.25) is 11.8 Å². The fraction of sp³-hybridized carbons (Fsp3) is 0.371. The molecule has 3 rings (SSSR count). The van der Waals surface area contributed by atoms with E-state index in [0.29, 0.717) is 12.2 Å². The normalized spacial score (nSPS) is 12.1. The zero-order valence-electron chi connectivity index (χ0n) is 29.4. The number of carboxylic acid groups (broad SMARTS) is 1. The van der Waals surface area contributed by atoms with Crippen molar-refractivity contribution in [3.63, 3.8) is 0 Å². The lowest BCUT2D eigenvalue weighted by Gasteiger charge is -2.27. The number of non-ortho nitro benzene ring substituents is 1. The first-order valence-electron chi connectivity index (χ1n) is 16.3. The molecule has 53 heavy (non-hydrogen) atoms. The lowest BCUT2D eigenvalue weighted by molar-refractivity contribution is -0.384. The van der Waals surface area contributed by atoms with Gasteiger partial charge in [0.1, 0.15) is 23.2 Å². The van der Waals surface area contributed by atoms with Crippen LogP contribution >= 0.6 is 23.2 Å². The van der Waals surface area contributed by atoms with Crippen LogP contribution in [0.5, 0.6) is 5.75 Å². The van der Waals surface area contributed by atoms with Crippen molar-refractivity contribution in [1.29, 1.82) is 0 Å². The van der Waals surface area contributed by atoms with Crippen molar-refractivity contribution in [2.45, 2.75) is 71.1 Å². The van der Waals surface area contributed by atoms with Gasteiger partial charge in [0.05, 0.1) is 23.9 Å². The Morgan fingerprint density at radius 3 is 2.23 bits per heavy atom. The van der Waals surface area contributed by atoms with Crippen LogP contribution in [0.2, 0.25) is 10.0 Å². The number of hydrogen-bond acceptors (Lipinski definition) is 10. The number of pyridine rings is 1. The first-order valence-corrected chi connectivity index (χ1v) is 17.1. The van der Waals surface area contributed by atoms with Crippen LogP contribution in [-0.4, -0.2) is 69.7 Å². The number of nitro groups is 1. The summed E-state index contributed by atoms with van der Waals surface area (Å²) >= 11 is 12.2. The number of rotatable bonds is 16. The maximum absolute atomic E-state index is 13.6. The fourth-order valence-electron chi connectivity index (χ4n) is 4.76. The minimum absolute atomic E-state index is 0.0289. The molecule has 2 aromatic carbocycles. The summed E-state index contributed by atoms with van der Waals surface area (Å²) in [6.45, 7) is 6.74. The summed E-state index contributed by atoms with van der Waals surface area (Å²) in [5.74, 6) is -2.34. The number of aromatic nitrogens is 1. The van der Waals surface area contributed by atoms with Crippen molar-refractivity contribution in [3.05, 3.63) is 92.1 Å². The Labute approximate surface area is 315 Å². The fourth-order valence-corrected chi connectivity index (χ4v) is 5.30. The maximum atomic E-state index is 13.6. The summed E-state index contributed by atoms with van der Waals surface area (Å²) in [7, 11) is 0. The molecule has 4 amide bonds. The van der Waals surface area contributed by atoms with Crippen molar-refractivity contribution >= 4 is 64.7 Å². The van der Waals surface area contributed by atoms with Crippen LogP contribution in [0.15, 0.2) is 60.8 Å². The second kappa shape index (κ2) is 19.4. The number of hydrogen-bond donors (Lipinski definition) is 4. The number of carboxylic acids is 1. The van der Waals surface area contributed by atoms with Gasteiger partial charge >= 0.3 is 18.2 Å². The van der Waals surface area contributed by atoms with Crippen LogP contribution in [0.4, 0.5) is 21.1 Å². The Balaban J connectivity index is 1.72. The molecule has 0 saturated carbocycles. The number of aliphatic carboxylic acids is 1. The Kier molecular flexibility index (Phi) is 15.3. The summed E-state index contributed by atoms with van der Waals surface area (Å²) in [5, 5.41) is 28.4. The maximum Gasteiger partial charge on any atom is 0.416 e. The third-order valence-corrected chi connectivity index (χ3v) is 7.61. The third kappa shape index (κ3) is 14.6. The summed E-state index contributed by atoms with van der Waals surface area (Å²) < 4.78 is 10.7. The molecule has 2 atom stereocenters. The predicted molar refractivity (Wildman–Crippen MR) is 195 cm³/mol. The topological polar surface area (TPSA) is 219 Å². The molecule has 0 aliphatic carbocycles. The van der Waals surface area contributed by atoms with Crippen LogP contribution in [0.25, 0.3) is 0 Å². The van der Waals surface area contributed by atoms with Gasteiger partial charge in [-0.15, -0.1) is 0 Å². The molecule has 3 aromatic rings. The van der Waals surface area contributed by atoms with Gasteiger partial charge in [-0.2, -0.15) is 0 Å². The van der Waals surface area contributed by atoms with E-state index in [-0.39, 0.29) is 46.4 Å². The van der Waals surface area contributed by atoms with E-state index in [2.05, 4.69) is 20.9 Å². The summed E-state index contributed by atoms with van der Waals surface area (Å²) in [4.78, 5) is 80.0. The highest BCUT2D eigenvalue weighted by Gasteiger charge is 2.28. The van der Waals surface area contributed by atoms with Crippen LogP contribution in [-0.2, 0) is 19.1 Å². The van der Waals surface area contributed by atoms with Gasteiger partial charge in [0, 0.05) is 41.3 Å². The molecule has 0 aliphatic heterocycles. The molecule has 0 spiro atoms. The molecule has 1 aromatic heterocycles. The Hall–Kier alpha value is -5.48. The molecular formula is C35H40Cl2N6O10. The molecule has 284 valence electrons. The third-order valence-electron chi connectivity index (χ3n) is 7.17. The first kappa shape index (κ1) is 41.9. The number of halogens is 2. The molecular weight excluding hydrogens is 735 g/mol. The van der Waals surface area contributed by atoms with Crippen molar-refractivity contribution in [2.75, 3.05) is 18.0 Å². The van der Waals surface area contributed by atoms with E-state index in [1.165, 1.54) is 35.2 Å². The Morgan fingerprint density at radius 1 is 0.981 bits per heavy atom. The lowest BCUT2D eigenvalue weighted by atomic mass is 10.0. The van der Waals surface area contributed by atoms with E-state index in [9.17, 15) is 39.2 Å². The SMILES string of the molecule is Cc1ccnc(N(CCCCC(=O)N[C@@H](CNC(=O)Oc2ccc([N+](=O)[O-])cc2)C(=O)N[C@@H](CC(=O)O)c2cc(Cl)cc(Cl)c2)C(=O)OC(C)(C)C)c1. The number of amides is 4. The minimum Gasteiger partial charge on any atom is -0.481 e. The van der Waals surface area contributed by atoms with E-state index >= 15 is 0 Å². The van der Waals surface area contributed by atoms with Crippen LogP contribution in [0, 0.1) is 17.0 Å². The Morgan fingerprint density at radius 2 is 1.64 bits per heavy atom. The second-order valence-corrected chi connectivity index (χ2v) is 13.7. The van der Waals surface area contributed by atoms with Gasteiger partial charge in [-0.05, 0) is 94.1 Å². The average Bonchev–Trinajstić information content (AvgIpc) is 3.05. The highest BCUT2D eigenvalue weighted by Crippen LogP contribution is 2.26. The van der Waals surface area contributed by atoms with E-state index in [1.807, 2.05) is 6.92 Å². The van der Waals surface area contributed by atoms with E-state index < -0.39 is 65.5 Å². The number of ether oxygens (including phenoxy) is 2. The molecule has 0 radical (unpaired) electrons. The molecule has 16 nitrogen and oxygen atoms in total. The molecule has 4 N–H and O–H groups in total. The first-order chi connectivity index (χ1) is 24.9. The second-order valence-electron chi connectivity index (χ2n) is 12.8. The standard InChI is InChI=1S/C35H40Cl2N6O10/c1-21-12-13-38-29(15-21)42(34(49)53-35(2,3)4)14-6-5-7-30(44)40-28(20-39-33(48)52-26-10-8-25(9-11-26)43(50)51)32(47)41-27(19-31(45)46)22-16-23(36)18-24(37)17-22/h8-13,15-18,27-28H,5-7,14,19-20H2,1-4H3,(H,39,48)(H,40,44)(H,41,47)(H,45,46)/t27-,28-/m0/s1. The number of carbonyl (C=O) groups is 5. The van der Waals surface area contributed by atoms with Gasteiger partial charge < -0.3 is 30.5 Å². The van der Waals surface area contributed by atoms with Gasteiger partial charge in [0.25, 0.3) is 5.69 Å². The number of carbonyl (C=O) groups excluding carboxylic acids is 4. The largest absolute Gasteiger partial charge is 0.481 e. The quantitative estimate of drug-likeness (QED) is 0.0738. The minimum atomic E-state index is -1.42.